The van der Waals surface area contributed by atoms with Crippen molar-refractivity contribution in [3.05, 3.63) is 106 Å². The third-order valence-electron chi connectivity index (χ3n) is 12.5. The molecule has 3 aliphatic heterocycles. The van der Waals surface area contributed by atoms with E-state index in [9.17, 15) is 38.4 Å². The summed E-state index contributed by atoms with van der Waals surface area (Å²) in [5.74, 6) is -3.11. The van der Waals surface area contributed by atoms with Gasteiger partial charge >= 0.3 is 5.69 Å². The molecule has 7 rings (SSSR count). The topological polar surface area (TPSA) is 241 Å². The van der Waals surface area contributed by atoms with Gasteiger partial charge in [0.05, 0.1) is 17.1 Å². The van der Waals surface area contributed by atoms with Crippen molar-refractivity contribution in [1.82, 2.24) is 34.9 Å². The van der Waals surface area contributed by atoms with Gasteiger partial charge in [-0.05, 0) is 74.1 Å². The van der Waals surface area contributed by atoms with Gasteiger partial charge in [-0.1, -0.05) is 72.8 Å². The molecule has 3 aromatic carbocycles. The highest BCUT2D eigenvalue weighted by molar-refractivity contribution is 6.00. The van der Waals surface area contributed by atoms with Crippen LogP contribution in [0.4, 0.5) is 0 Å². The molecule has 0 saturated carbocycles. The van der Waals surface area contributed by atoms with E-state index in [1.165, 1.54) is 14.0 Å². The lowest BCUT2D eigenvalue weighted by Crippen LogP contribution is -2.60. The number of aromatic nitrogens is 2. The quantitative estimate of drug-likeness (QED) is 0.0861. The van der Waals surface area contributed by atoms with Gasteiger partial charge in [0, 0.05) is 45.4 Å². The first-order chi connectivity index (χ1) is 30.3. The summed E-state index contributed by atoms with van der Waals surface area (Å²) in [4.78, 5) is 108. The summed E-state index contributed by atoms with van der Waals surface area (Å²) in [5, 5.41) is 8.21. The Bertz CT molecular complexity index is 2390. The second kappa shape index (κ2) is 19.6. The number of fused-ring (bicyclic) bond motifs is 2. The molecule has 3 fully saturated rings. The molecule has 3 aliphatic rings. The van der Waals surface area contributed by atoms with Crippen LogP contribution in [0.3, 0.4) is 0 Å². The lowest BCUT2D eigenvalue weighted by atomic mass is 9.98. The van der Waals surface area contributed by atoms with Gasteiger partial charge in [-0.3, -0.25) is 48.0 Å². The zero-order valence-electron chi connectivity index (χ0n) is 35.4. The molecule has 332 valence electrons. The average molecular weight is 862 g/mol. The van der Waals surface area contributed by atoms with Crippen LogP contribution < -0.4 is 33.1 Å². The third-order valence-corrected chi connectivity index (χ3v) is 12.5. The molecule has 7 N–H and O–H groups in total. The van der Waals surface area contributed by atoms with Crippen molar-refractivity contribution in [3.63, 3.8) is 0 Å². The maximum atomic E-state index is 14.0. The van der Waals surface area contributed by atoms with Gasteiger partial charge in [-0.25, -0.2) is 4.79 Å². The van der Waals surface area contributed by atoms with Gasteiger partial charge in [0.15, 0.2) is 0 Å². The molecule has 0 bridgehead atoms. The number of nitrogens with zero attached hydrogens (tertiary/aromatic N) is 4. The predicted molar refractivity (Wildman–Crippen MR) is 232 cm³/mol. The number of piperidine rings is 1. The highest BCUT2D eigenvalue weighted by Gasteiger charge is 2.45. The Hall–Kier alpha value is -6.62. The molecular weight excluding hydrogens is 807 g/mol. The maximum absolute atomic E-state index is 14.0. The number of aryl methyl sites for hydroxylation is 2. The van der Waals surface area contributed by atoms with Crippen LogP contribution in [0.2, 0.25) is 0 Å². The minimum Gasteiger partial charge on any atom is -0.370 e. The van der Waals surface area contributed by atoms with Crippen LogP contribution in [-0.2, 0) is 47.0 Å². The molecule has 0 radical (unpaired) electrons. The summed E-state index contributed by atoms with van der Waals surface area (Å²) in [5.41, 5.74) is 15.4. The van der Waals surface area contributed by atoms with Gasteiger partial charge < -0.3 is 31.9 Å². The fourth-order valence-corrected chi connectivity index (χ4v) is 9.30. The van der Waals surface area contributed by atoms with Crippen molar-refractivity contribution < 1.29 is 33.6 Å². The van der Waals surface area contributed by atoms with Gasteiger partial charge in [-0.15, -0.1) is 0 Å². The van der Waals surface area contributed by atoms with E-state index in [1.54, 1.807) is 18.0 Å². The van der Waals surface area contributed by atoms with Crippen molar-refractivity contribution in [2.45, 2.75) is 107 Å². The number of carbonyl (C=O) groups is 7. The predicted octanol–water partition coefficient (Wildman–Crippen LogP) is 1.61. The molecule has 1 unspecified atom stereocenters. The van der Waals surface area contributed by atoms with Crippen LogP contribution >= 0.6 is 0 Å². The van der Waals surface area contributed by atoms with Crippen LogP contribution in [0.15, 0.2) is 83.7 Å². The first-order valence-corrected chi connectivity index (χ1v) is 21.7. The monoisotopic (exact) mass is 861 g/mol. The standard InChI is InChI=1S/C46H55N9O8/c1-52-41-30(16-10-17-34(41)55(46(52)63)36-22-24-38(57)50-44(36)61)15-8-9-18-39(58)53-26-25-31-19-21-35(54(31)45(62)32(47)27-53)43(60)49-33(20-23-37(48)56)42(59)51-40(28-11-4-2-5-12-28)29-13-6-3-7-14-29/h2-7,10-14,16-17,31-33,35-36,40H,8-9,15,18-27,47H2,1H3,(H2,48,56)(H,49,60)(H,51,59)(H,50,57,61)/t31-,32+,33+,35+,36?/m1/s1. The summed E-state index contributed by atoms with van der Waals surface area (Å²) >= 11 is 0. The number of rotatable bonds is 15. The van der Waals surface area contributed by atoms with Crippen molar-refractivity contribution in [3.8, 4) is 0 Å². The summed E-state index contributed by atoms with van der Waals surface area (Å²) in [6.45, 7) is 0.323. The summed E-state index contributed by atoms with van der Waals surface area (Å²) in [6, 6.07) is 19.5. The number of nitrogens with two attached hydrogens (primary N) is 2. The Morgan fingerprint density at radius 2 is 1.52 bits per heavy atom. The number of nitrogens with one attached hydrogen (secondary N) is 3. The molecule has 0 aliphatic carbocycles. The van der Waals surface area contributed by atoms with E-state index in [-0.39, 0.29) is 62.2 Å². The second-order valence-corrected chi connectivity index (χ2v) is 16.7. The fraction of sp³-hybridized carbons (Fsp3) is 0.435. The van der Waals surface area contributed by atoms with E-state index in [1.807, 2.05) is 72.8 Å². The van der Waals surface area contributed by atoms with Crippen LogP contribution in [0.1, 0.15) is 93.0 Å². The van der Waals surface area contributed by atoms with E-state index >= 15 is 0 Å². The highest BCUT2D eigenvalue weighted by Crippen LogP contribution is 2.31. The number of hydrogen-bond acceptors (Lipinski definition) is 9. The van der Waals surface area contributed by atoms with Crippen molar-refractivity contribution >= 4 is 52.4 Å². The zero-order valence-corrected chi connectivity index (χ0v) is 35.4. The molecule has 4 aromatic rings. The molecule has 0 spiro atoms. The smallest absolute Gasteiger partial charge is 0.329 e. The van der Waals surface area contributed by atoms with E-state index < -0.39 is 59.7 Å². The summed E-state index contributed by atoms with van der Waals surface area (Å²) in [6.07, 6.45) is 3.42. The number of imidazole rings is 1. The summed E-state index contributed by atoms with van der Waals surface area (Å²) < 4.78 is 2.97. The van der Waals surface area contributed by atoms with Crippen LogP contribution in [0.25, 0.3) is 11.0 Å². The Labute approximate surface area is 364 Å². The molecule has 1 aromatic heterocycles. The number of imide groups is 1. The second-order valence-electron chi connectivity index (χ2n) is 16.7. The Kier molecular flexibility index (Phi) is 13.8. The molecule has 7 amide bonds. The number of primary amides is 1. The van der Waals surface area contributed by atoms with Crippen LogP contribution in [-0.4, -0.2) is 97.5 Å². The molecule has 4 heterocycles. The maximum Gasteiger partial charge on any atom is 0.329 e. The number of carbonyl (C=O) groups excluding carboxylic acids is 7. The third kappa shape index (κ3) is 9.88. The Morgan fingerprint density at radius 3 is 2.19 bits per heavy atom. The van der Waals surface area contributed by atoms with E-state index in [2.05, 4.69) is 16.0 Å². The Morgan fingerprint density at radius 1 is 0.825 bits per heavy atom. The number of para-hydroxylation sites is 1. The minimum absolute atomic E-state index is 0.0193. The number of hydrogen-bond donors (Lipinski definition) is 5. The minimum atomic E-state index is -1.12. The lowest BCUT2D eigenvalue weighted by Gasteiger charge is -2.37. The van der Waals surface area contributed by atoms with Gasteiger partial charge in [0.25, 0.3) is 0 Å². The first-order valence-electron chi connectivity index (χ1n) is 21.7. The van der Waals surface area contributed by atoms with Crippen LogP contribution in [0.5, 0.6) is 0 Å². The van der Waals surface area contributed by atoms with Gasteiger partial charge in [-0.2, -0.15) is 0 Å². The SMILES string of the molecule is Cn1c(=O)n(C2CCC(=O)NC2=O)c2cccc(CCCCC(=O)N3CC[C@H]4CC[C@@H](C(=O)N[C@@H](CCC(N)=O)C(=O)NC(c5ccccc5)c5ccccc5)N4C(=O)[C@@H](N)C3)c21. The molecular formula is C46H55N9O8. The van der Waals surface area contributed by atoms with Crippen molar-refractivity contribution in [2.75, 3.05) is 13.1 Å². The van der Waals surface area contributed by atoms with Gasteiger partial charge in [0.2, 0.25) is 41.4 Å². The fourth-order valence-electron chi connectivity index (χ4n) is 9.30. The zero-order chi connectivity index (χ0) is 44.8. The number of amides is 7. The van der Waals surface area contributed by atoms with Gasteiger partial charge in [0.1, 0.15) is 24.2 Å². The normalized spacial score (nSPS) is 20.8. The lowest BCUT2D eigenvalue weighted by molar-refractivity contribution is -0.145. The largest absolute Gasteiger partial charge is 0.370 e. The first kappa shape index (κ1) is 44.4. The molecule has 17 heteroatoms. The summed E-state index contributed by atoms with van der Waals surface area (Å²) in [7, 11) is 1.66. The number of unbranched alkanes of at least 4 members (excludes halogenated alkanes) is 1. The molecule has 5 atom stereocenters. The Balaban J connectivity index is 0.957. The van der Waals surface area contributed by atoms with E-state index in [4.69, 9.17) is 11.5 Å². The number of benzene rings is 3. The molecule has 3 saturated heterocycles. The molecule has 17 nitrogen and oxygen atoms in total. The van der Waals surface area contributed by atoms with Crippen molar-refractivity contribution in [2.24, 2.45) is 18.5 Å². The van der Waals surface area contributed by atoms with Crippen LogP contribution in [0, 0.1) is 0 Å². The molecule has 63 heavy (non-hydrogen) atoms. The highest BCUT2D eigenvalue weighted by atomic mass is 16.2. The van der Waals surface area contributed by atoms with E-state index in [0.717, 1.165) is 16.7 Å². The van der Waals surface area contributed by atoms with E-state index in [0.29, 0.717) is 56.1 Å². The average Bonchev–Trinajstić information content (AvgIpc) is 3.81. The van der Waals surface area contributed by atoms with Crippen molar-refractivity contribution in [1.29, 1.82) is 0 Å².